The molecule has 0 aromatic rings. The van der Waals surface area contributed by atoms with Gasteiger partial charge in [-0.3, -0.25) is 14.4 Å². The number of fused-ring (bicyclic) bond motifs is 2. The molecule has 1 saturated heterocycles. The Bertz CT molecular complexity index is 2330. The molecule has 5 N–H and O–H groups in total. The average Bonchev–Trinajstić information content (AvgIpc) is 3.90. The summed E-state index contributed by atoms with van der Waals surface area (Å²) in [6.07, 6.45) is 38.7. The molecule has 1 aliphatic heterocycles. The Hall–Kier alpha value is -4.84. The van der Waals surface area contributed by atoms with E-state index in [9.17, 15) is 39.6 Å². The minimum absolute atomic E-state index is 0.0982. The first-order chi connectivity index (χ1) is 34.2. The normalized spacial score (nSPS) is 32.7. The highest BCUT2D eigenvalue weighted by molar-refractivity contribution is 5.80. The van der Waals surface area contributed by atoms with Crippen LogP contribution in [0.15, 0.2) is 142 Å². The number of rotatable bonds is 14. The molecule has 0 spiro atoms. The minimum Gasteiger partial charge on any atom is -0.478 e. The van der Waals surface area contributed by atoms with Crippen molar-refractivity contribution in [3.05, 3.63) is 142 Å². The Labute approximate surface area is 445 Å². The predicted octanol–water partition coefficient (Wildman–Crippen LogP) is 12.9. The second kappa shape index (κ2) is 27.8. The summed E-state index contributed by atoms with van der Waals surface area (Å²) >= 11 is 0. The van der Waals surface area contributed by atoms with Crippen LogP contribution in [-0.2, 0) is 23.9 Å². The third-order valence-electron chi connectivity index (χ3n) is 16.0. The van der Waals surface area contributed by atoms with Crippen LogP contribution < -0.4 is 0 Å². The third kappa shape index (κ3) is 17.6. The monoisotopic (exact) mass is 1020 g/mol. The molecule has 0 amide bonds. The summed E-state index contributed by atoms with van der Waals surface area (Å²) in [5.74, 6) is -1.33. The van der Waals surface area contributed by atoms with E-state index < -0.39 is 23.8 Å². The van der Waals surface area contributed by atoms with Crippen molar-refractivity contribution >= 4 is 24.8 Å². The van der Waals surface area contributed by atoms with Crippen molar-refractivity contribution in [2.75, 3.05) is 0 Å². The smallest absolute Gasteiger partial charge is 0.328 e. The first kappa shape index (κ1) is 65.3. The number of hydrogen-bond acceptors (Lipinski definition) is 9. The van der Waals surface area contributed by atoms with Gasteiger partial charge in [-0.1, -0.05) is 145 Å². The van der Waals surface area contributed by atoms with Crippen LogP contribution in [0.3, 0.4) is 0 Å². The molecule has 10 heteroatoms. The lowest BCUT2D eigenvalue weighted by molar-refractivity contribution is -0.255. The maximum absolute atomic E-state index is 11.0. The molecule has 0 bridgehead atoms. The van der Waals surface area contributed by atoms with Gasteiger partial charge in [0.2, 0.25) is 0 Å². The second-order valence-corrected chi connectivity index (χ2v) is 24.2. The van der Waals surface area contributed by atoms with E-state index in [2.05, 4.69) is 80.5 Å². The van der Waals surface area contributed by atoms with Crippen LogP contribution in [0.25, 0.3) is 0 Å². The zero-order chi connectivity index (χ0) is 56.5. The van der Waals surface area contributed by atoms with Gasteiger partial charge < -0.3 is 30.3 Å². The Morgan fingerprint density at radius 3 is 1.74 bits per heavy atom. The fraction of sp³-hybridized carbons (Fsp3) is 0.562. The zero-order valence-electron chi connectivity index (χ0n) is 47.9. The molecule has 9 atom stereocenters. The number of aliphatic hydroxyl groups excluding tert-OH is 3. The van der Waals surface area contributed by atoms with Gasteiger partial charge in [0.1, 0.15) is 36.2 Å². The van der Waals surface area contributed by atoms with Crippen molar-refractivity contribution in [1.82, 2.24) is 0 Å². The number of epoxide rings is 1. The first-order valence-electron chi connectivity index (χ1n) is 26.4. The van der Waals surface area contributed by atoms with Gasteiger partial charge in [0.25, 0.3) is 0 Å². The highest BCUT2D eigenvalue weighted by Gasteiger charge is 2.74. The molecule has 0 radical (unpaired) electrons. The van der Waals surface area contributed by atoms with E-state index in [0.717, 1.165) is 72.9 Å². The van der Waals surface area contributed by atoms with Crippen molar-refractivity contribution in [1.29, 1.82) is 0 Å². The van der Waals surface area contributed by atoms with E-state index in [1.54, 1.807) is 13.0 Å². The lowest BCUT2D eigenvalue weighted by Crippen LogP contribution is -2.69. The van der Waals surface area contributed by atoms with Crippen LogP contribution in [0.2, 0.25) is 0 Å². The van der Waals surface area contributed by atoms with E-state index in [-0.39, 0.29) is 50.8 Å². The molecule has 74 heavy (non-hydrogen) atoms. The van der Waals surface area contributed by atoms with Crippen LogP contribution in [-0.4, -0.2) is 85.5 Å². The Balaban J connectivity index is 0.000000349. The van der Waals surface area contributed by atoms with E-state index in [1.807, 2.05) is 90.2 Å². The van der Waals surface area contributed by atoms with Crippen molar-refractivity contribution in [3.8, 4) is 0 Å². The molecule has 4 aliphatic carbocycles. The summed E-state index contributed by atoms with van der Waals surface area (Å²) in [7, 11) is 0. The first-order valence-corrected chi connectivity index (χ1v) is 26.4. The fourth-order valence-corrected chi connectivity index (χ4v) is 12.3. The summed E-state index contributed by atoms with van der Waals surface area (Å²) in [4.78, 5) is 41.3. The summed E-state index contributed by atoms with van der Waals surface area (Å²) in [6.45, 7) is 32.9. The summed E-state index contributed by atoms with van der Waals surface area (Å²) < 4.78 is 6.00. The topological polar surface area (TPSA) is 182 Å². The molecule has 0 aromatic carbocycles. The molecule has 410 valence electrons. The summed E-state index contributed by atoms with van der Waals surface area (Å²) in [6, 6.07) is 0. The van der Waals surface area contributed by atoms with Gasteiger partial charge in [-0.25, -0.2) is 4.79 Å². The summed E-state index contributed by atoms with van der Waals surface area (Å²) in [5.41, 5.74) is 5.78. The molecule has 1 unspecified atom stereocenters. The highest BCUT2D eigenvalue weighted by Crippen LogP contribution is 2.66. The Morgan fingerprint density at radius 1 is 0.635 bits per heavy atom. The number of aliphatic hydroxyl groups is 4. The molecule has 5 aliphatic rings. The fourth-order valence-electron chi connectivity index (χ4n) is 12.3. The van der Waals surface area contributed by atoms with Crippen LogP contribution in [0, 0.1) is 33.5 Å². The van der Waals surface area contributed by atoms with E-state index in [4.69, 9.17) is 9.84 Å². The zero-order valence-corrected chi connectivity index (χ0v) is 47.9. The molecular weight excluding hydrogens is 929 g/mol. The number of ether oxygens (including phenoxy) is 1. The third-order valence-corrected chi connectivity index (χ3v) is 16.0. The van der Waals surface area contributed by atoms with Gasteiger partial charge in [0, 0.05) is 23.8 Å². The van der Waals surface area contributed by atoms with Gasteiger partial charge >= 0.3 is 5.97 Å². The van der Waals surface area contributed by atoms with Crippen LogP contribution in [0.5, 0.6) is 0 Å². The van der Waals surface area contributed by atoms with Crippen molar-refractivity contribution in [2.45, 2.75) is 197 Å². The van der Waals surface area contributed by atoms with Gasteiger partial charge in [0.05, 0.1) is 17.8 Å². The van der Waals surface area contributed by atoms with Gasteiger partial charge in [-0.05, 0) is 170 Å². The number of hydrogen-bond donors (Lipinski definition) is 5. The predicted molar refractivity (Wildman–Crippen MR) is 302 cm³/mol. The van der Waals surface area contributed by atoms with Crippen molar-refractivity contribution in [2.24, 2.45) is 33.5 Å². The number of aliphatic carboxylic acids is 1. The van der Waals surface area contributed by atoms with Crippen LogP contribution in [0.4, 0.5) is 0 Å². The number of carboxylic acid groups (broad SMARTS) is 1. The molecular formula is C64H94O10. The second-order valence-electron chi connectivity index (χ2n) is 24.2. The Morgan fingerprint density at radius 2 is 1.20 bits per heavy atom. The lowest BCUT2D eigenvalue weighted by Gasteiger charge is -2.63. The van der Waals surface area contributed by atoms with Crippen LogP contribution >= 0.6 is 0 Å². The number of carboxylic acids is 1. The van der Waals surface area contributed by atoms with E-state index in [1.165, 1.54) is 60.3 Å². The number of carbonyl (C=O) groups excluding carboxylic acids is 3. The summed E-state index contributed by atoms with van der Waals surface area (Å²) in [5, 5.41) is 50.9. The van der Waals surface area contributed by atoms with Crippen LogP contribution in [0.1, 0.15) is 162 Å². The molecule has 10 nitrogen and oxygen atoms in total. The van der Waals surface area contributed by atoms with E-state index in [0.29, 0.717) is 6.42 Å². The molecule has 0 aromatic heterocycles. The minimum atomic E-state index is -1.42. The molecule has 5 rings (SSSR count). The van der Waals surface area contributed by atoms with Crippen molar-refractivity contribution in [3.63, 3.8) is 0 Å². The average molecular weight is 1020 g/mol. The van der Waals surface area contributed by atoms with E-state index >= 15 is 0 Å². The lowest BCUT2D eigenvalue weighted by atomic mass is 9.44. The maximum atomic E-state index is 11.0. The van der Waals surface area contributed by atoms with Gasteiger partial charge in [-0.15, -0.1) is 0 Å². The quantitative estimate of drug-likeness (QED) is 0.0486. The number of allylic oxidation sites excluding steroid dienone is 21. The SMILES string of the molecule is CC(=C/C=O)/C=C/[C@@]12O[C@]1(C)C[C@@H](O)CC2(C)C.CC(=C/C=O)/C=C/[C@H]1[C@](C)(O)[C@@H](O)[C@H](O)C2C(C)(C)CCC[C@@]21C.CC(C)=C/C=C/C(C)=C\C=O.CC1=C(/C=C/C(C)=C\C=C\C=C\C(=O)O)C(C)(C)CCC1. The van der Waals surface area contributed by atoms with Crippen molar-refractivity contribution < 1.29 is 49.4 Å². The molecule has 1 heterocycles. The van der Waals surface area contributed by atoms with Gasteiger partial charge in [-0.2, -0.15) is 0 Å². The Kier molecular flexibility index (Phi) is 24.5. The standard InChI is InChI=1S/C20H32O4.C19H26O2.C15H22O3.C10H14O/c1-13(9-12-21)7-8-14-19(4)11-6-10-18(2,3)16(19)15(22)17(23)20(14,5)24;1-15(9-6-5-7-11-18(20)21)12-13-17-16(2)10-8-14-19(17,3)4;1-11(6-8-16)5-7-15-13(2,3)9-12(17)10-14(15,4)18-15;1-9(2)5-4-6-10(3)7-8-11/h7-9,12,14-17,22-24H,6,10-11H2,1-5H3;5-7,9,11-13H,8,10,14H2,1-4H3,(H,20,21);5-8,12,17H,9-10H2,1-4H3;4-8H,1-3H3/b8-7+,13-9-;6-5+,11-7+,13-12+,15-9-;7-5+,11-6-;6-4+,10-7-/t14-,15-,16?,17+,19-,20+;;12-,14+,15-;/m1.0./s1. The largest absolute Gasteiger partial charge is 0.478 e. The number of carbonyl (C=O) groups is 4. The highest BCUT2D eigenvalue weighted by atomic mass is 16.6. The molecule has 4 fully saturated rings. The van der Waals surface area contributed by atoms with Gasteiger partial charge in [0.15, 0.2) is 0 Å². The molecule has 3 saturated carbocycles. The maximum Gasteiger partial charge on any atom is 0.328 e. The number of aldehydes is 3.